The Kier molecular flexibility index (Phi) is 6.90. The average molecular weight is 449 g/mol. The number of amides is 2. The molecule has 2 amide bonds. The van der Waals surface area contributed by atoms with Crippen LogP contribution in [0.25, 0.3) is 0 Å². The molecular weight excluding hydrogens is 423 g/mol. The molecular formula is C26H25FN2O2S. The predicted octanol–water partition coefficient (Wildman–Crippen LogP) is 4.89. The number of thioether (sulfide) groups is 1. The highest BCUT2D eigenvalue weighted by atomic mass is 32.2. The third kappa shape index (κ3) is 5.37. The van der Waals surface area contributed by atoms with Crippen LogP contribution in [0.4, 0.5) is 10.1 Å². The van der Waals surface area contributed by atoms with Gasteiger partial charge in [0, 0.05) is 30.1 Å². The van der Waals surface area contributed by atoms with E-state index >= 15 is 0 Å². The van der Waals surface area contributed by atoms with Gasteiger partial charge in [0.1, 0.15) is 5.82 Å². The third-order valence-electron chi connectivity index (χ3n) is 5.49. The molecule has 1 aliphatic rings. The van der Waals surface area contributed by atoms with Gasteiger partial charge in [-0.3, -0.25) is 9.59 Å². The van der Waals surface area contributed by atoms with Crippen molar-refractivity contribution in [3.05, 3.63) is 100 Å². The molecule has 0 bridgehead atoms. The van der Waals surface area contributed by atoms with E-state index in [-0.39, 0.29) is 17.6 Å². The zero-order valence-electron chi connectivity index (χ0n) is 17.9. The second kappa shape index (κ2) is 10.0. The molecule has 4 rings (SSSR count). The summed E-state index contributed by atoms with van der Waals surface area (Å²) < 4.78 is 12.9. The summed E-state index contributed by atoms with van der Waals surface area (Å²) in [6.07, 6.45) is 0.808. The van der Waals surface area contributed by atoms with Crippen molar-refractivity contribution in [2.45, 2.75) is 25.6 Å². The van der Waals surface area contributed by atoms with Crippen LogP contribution >= 0.6 is 11.8 Å². The van der Waals surface area contributed by atoms with E-state index in [0.717, 1.165) is 34.4 Å². The lowest BCUT2D eigenvalue weighted by Crippen LogP contribution is -2.28. The Bertz CT molecular complexity index is 1110. The summed E-state index contributed by atoms with van der Waals surface area (Å²) in [4.78, 5) is 26.9. The molecule has 0 unspecified atom stereocenters. The maximum Gasteiger partial charge on any atom is 0.258 e. The topological polar surface area (TPSA) is 49.4 Å². The first-order chi connectivity index (χ1) is 15.5. The molecule has 0 aliphatic carbocycles. The van der Waals surface area contributed by atoms with Gasteiger partial charge in [0.05, 0.1) is 5.75 Å². The molecule has 1 N–H and O–H groups in total. The Hall–Kier alpha value is -3.12. The van der Waals surface area contributed by atoms with Crippen LogP contribution < -0.4 is 10.2 Å². The molecule has 3 aromatic carbocycles. The molecule has 32 heavy (non-hydrogen) atoms. The maximum absolute atomic E-state index is 12.9. The van der Waals surface area contributed by atoms with Crippen molar-refractivity contribution in [2.75, 3.05) is 17.2 Å². The van der Waals surface area contributed by atoms with Crippen LogP contribution in [0, 0.1) is 12.7 Å². The summed E-state index contributed by atoms with van der Waals surface area (Å²) in [6.45, 7) is 3.12. The lowest BCUT2D eigenvalue weighted by Gasteiger charge is -2.18. The molecule has 0 atom stereocenters. The van der Waals surface area contributed by atoms with Crippen LogP contribution in [0.5, 0.6) is 0 Å². The lowest BCUT2D eigenvalue weighted by atomic mass is 10.1. The summed E-state index contributed by atoms with van der Waals surface area (Å²) >= 11 is 1.50. The van der Waals surface area contributed by atoms with Crippen molar-refractivity contribution in [3.63, 3.8) is 0 Å². The molecule has 164 valence electrons. The van der Waals surface area contributed by atoms with E-state index in [1.165, 1.54) is 23.9 Å². The quantitative estimate of drug-likeness (QED) is 0.560. The van der Waals surface area contributed by atoms with Gasteiger partial charge >= 0.3 is 0 Å². The number of fused-ring (bicyclic) bond motifs is 1. The fourth-order valence-corrected chi connectivity index (χ4v) is 4.54. The van der Waals surface area contributed by atoms with Crippen molar-refractivity contribution in [1.82, 2.24) is 5.32 Å². The Morgan fingerprint density at radius 3 is 2.47 bits per heavy atom. The third-order valence-corrected chi connectivity index (χ3v) is 6.49. The second-order valence-corrected chi connectivity index (χ2v) is 8.92. The monoisotopic (exact) mass is 448 g/mol. The Labute approximate surface area is 191 Å². The number of hydrogen-bond donors (Lipinski definition) is 1. The van der Waals surface area contributed by atoms with Gasteiger partial charge in [-0.15, -0.1) is 11.8 Å². The first kappa shape index (κ1) is 22.1. The van der Waals surface area contributed by atoms with Gasteiger partial charge in [-0.1, -0.05) is 42.0 Å². The summed E-state index contributed by atoms with van der Waals surface area (Å²) in [5.74, 6) is 0.740. The van der Waals surface area contributed by atoms with Crippen LogP contribution in [0.15, 0.2) is 66.7 Å². The number of hydrogen-bond acceptors (Lipinski definition) is 3. The molecule has 3 aromatic rings. The summed E-state index contributed by atoms with van der Waals surface area (Å²) in [5.41, 5.74) is 5.91. The minimum atomic E-state index is -0.256. The van der Waals surface area contributed by atoms with Crippen LogP contribution in [0.1, 0.15) is 32.6 Å². The van der Waals surface area contributed by atoms with Gasteiger partial charge in [-0.2, -0.15) is 0 Å². The highest BCUT2D eigenvalue weighted by Gasteiger charge is 2.25. The summed E-state index contributed by atoms with van der Waals surface area (Å²) in [7, 11) is 0. The summed E-state index contributed by atoms with van der Waals surface area (Å²) in [6, 6.07) is 20.0. The molecule has 0 spiro atoms. The van der Waals surface area contributed by atoms with Crippen LogP contribution in [0.2, 0.25) is 0 Å². The van der Waals surface area contributed by atoms with Crippen molar-refractivity contribution >= 4 is 29.3 Å². The van der Waals surface area contributed by atoms with Crippen molar-refractivity contribution in [1.29, 1.82) is 0 Å². The van der Waals surface area contributed by atoms with Crippen LogP contribution in [0.3, 0.4) is 0 Å². The number of carbonyl (C=O) groups is 2. The molecule has 0 saturated carbocycles. The van der Waals surface area contributed by atoms with Gasteiger partial charge in [-0.25, -0.2) is 4.39 Å². The number of halogens is 1. The minimum Gasteiger partial charge on any atom is -0.351 e. The Balaban J connectivity index is 1.28. The first-order valence-electron chi connectivity index (χ1n) is 10.6. The lowest BCUT2D eigenvalue weighted by molar-refractivity contribution is -0.118. The highest BCUT2D eigenvalue weighted by Crippen LogP contribution is 2.30. The average Bonchev–Trinajstić information content (AvgIpc) is 3.22. The van der Waals surface area contributed by atoms with E-state index < -0.39 is 0 Å². The van der Waals surface area contributed by atoms with E-state index in [4.69, 9.17) is 0 Å². The number of rotatable bonds is 7. The largest absolute Gasteiger partial charge is 0.351 e. The standard InChI is InChI=1S/C26H25FN2O2S/c1-18-2-7-21(8-3-18)26(31)29-13-12-22-14-20(6-11-24(22)29)15-28-25(30)17-32-16-19-4-9-23(27)10-5-19/h2-11,14H,12-13,15-17H2,1H3,(H,28,30). The second-order valence-electron chi connectivity index (χ2n) is 7.93. The number of anilines is 1. The Morgan fingerprint density at radius 1 is 1.00 bits per heavy atom. The minimum absolute atomic E-state index is 0.0167. The van der Waals surface area contributed by atoms with Crippen LogP contribution in [-0.2, 0) is 23.5 Å². The van der Waals surface area contributed by atoms with Crippen LogP contribution in [-0.4, -0.2) is 24.1 Å². The number of aryl methyl sites for hydroxylation is 1. The maximum atomic E-state index is 12.9. The predicted molar refractivity (Wildman–Crippen MR) is 127 cm³/mol. The highest BCUT2D eigenvalue weighted by molar-refractivity contribution is 7.99. The molecule has 1 aliphatic heterocycles. The number of carbonyl (C=O) groups excluding carboxylic acids is 2. The first-order valence-corrected chi connectivity index (χ1v) is 11.7. The molecule has 6 heteroatoms. The van der Waals surface area contributed by atoms with Gasteiger partial charge in [0.25, 0.3) is 5.91 Å². The van der Waals surface area contributed by atoms with Gasteiger partial charge in [0.2, 0.25) is 5.91 Å². The molecule has 0 aromatic heterocycles. The van der Waals surface area contributed by atoms with E-state index in [1.54, 1.807) is 12.1 Å². The molecule has 4 nitrogen and oxygen atoms in total. The van der Waals surface area contributed by atoms with Crippen molar-refractivity contribution in [3.8, 4) is 0 Å². The fourth-order valence-electron chi connectivity index (χ4n) is 3.72. The number of nitrogens with one attached hydrogen (secondary N) is 1. The van der Waals surface area contributed by atoms with E-state index in [1.807, 2.05) is 48.2 Å². The molecule has 0 saturated heterocycles. The van der Waals surface area contributed by atoms with Crippen molar-refractivity contribution in [2.24, 2.45) is 0 Å². The zero-order chi connectivity index (χ0) is 22.5. The van der Waals surface area contributed by atoms with Gasteiger partial charge in [0.15, 0.2) is 0 Å². The van der Waals surface area contributed by atoms with Gasteiger partial charge < -0.3 is 10.2 Å². The molecule has 1 heterocycles. The Morgan fingerprint density at radius 2 is 1.72 bits per heavy atom. The SMILES string of the molecule is Cc1ccc(C(=O)N2CCc3cc(CNC(=O)CSCc4ccc(F)cc4)ccc32)cc1. The summed E-state index contributed by atoms with van der Waals surface area (Å²) in [5, 5.41) is 2.95. The molecule has 0 radical (unpaired) electrons. The molecule has 0 fully saturated rings. The fraction of sp³-hybridized carbons (Fsp3) is 0.231. The zero-order valence-corrected chi connectivity index (χ0v) is 18.8. The van der Waals surface area contributed by atoms with Crippen molar-refractivity contribution < 1.29 is 14.0 Å². The van der Waals surface area contributed by atoms with E-state index in [9.17, 15) is 14.0 Å². The van der Waals surface area contributed by atoms with Gasteiger partial charge in [-0.05, 0) is 60.4 Å². The van der Waals surface area contributed by atoms with E-state index in [2.05, 4.69) is 11.4 Å². The number of benzene rings is 3. The van der Waals surface area contributed by atoms with E-state index in [0.29, 0.717) is 30.2 Å². The smallest absolute Gasteiger partial charge is 0.258 e. The normalized spacial score (nSPS) is 12.5. The number of nitrogens with zero attached hydrogens (tertiary/aromatic N) is 1.